The number of carbonyl (C=O) groups excluding carboxylic acids is 1. The van der Waals surface area contributed by atoms with E-state index in [4.69, 9.17) is 0 Å². The molecular weight excluding hydrogens is 112 g/mol. The van der Waals surface area contributed by atoms with Gasteiger partial charge in [-0.05, 0) is 5.16 Å². The molecule has 1 heterocycles. The molecule has 0 aliphatic rings. The van der Waals surface area contributed by atoms with Crippen molar-refractivity contribution in [2.75, 3.05) is 0 Å². The second-order valence-electron chi connectivity index (χ2n) is 0.931. The molecule has 0 aliphatic carbocycles. The normalized spacial score (nSPS) is 8.50. The third-order valence-electron chi connectivity index (χ3n) is 0.487. The number of hydrogen-bond acceptors (Lipinski definition) is 5. The predicted octanol–water partition coefficient (Wildman–Crippen LogP) is -0.484. The van der Waals surface area contributed by atoms with Crippen molar-refractivity contribution in [3.05, 3.63) is 6.20 Å². The summed E-state index contributed by atoms with van der Waals surface area (Å²) in [5, 5.41) is 6.29. The fourth-order valence-electron chi connectivity index (χ4n) is 0.244. The summed E-state index contributed by atoms with van der Waals surface area (Å²) < 4.78 is 8.14. The zero-order valence-electron chi connectivity index (χ0n) is 3.70. The first-order chi connectivity index (χ1) is 3.93. The minimum Gasteiger partial charge on any atom is -0.394 e. The van der Waals surface area contributed by atoms with Gasteiger partial charge in [0.25, 0.3) is 5.88 Å². The summed E-state index contributed by atoms with van der Waals surface area (Å²) in [6.45, 7) is 1.16. The molecule has 41 valence electrons. The molecule has 0 saturated heterocycles. The molecule has 1 rings (SSSR count). The van der Waals surface area contributed by atoms with Crippen LogP contribution >= 0.6 is 0 Å². The molecule has 5 heteroatoms. The molecule has 1 aromatic rings. The van der Waals surface area contributed by atoms with Crippen molar-refractivity contribution in [2.24, 2.45) is 0 Å². The van der Waals surface area contributed by atoms with Crippen LogP contribution < -0.4 is 4.74 Å². The molecule has 0 bridgehead atoms. The van der Waals surface area contributed by atoms with Gasteiger partial charge in [0, 0.05) is 0 Å². The molecule has 0 amide bonds. The molecule has 0 aromatic carbocycles. The highest BCUT2D eigenvalue weighted by Crippen LogP contribution is 1.97. The average Bonchev–Trinajstić information content (AvgIpc) is 2.19. The summed E-state index contributed by atoms with van der Waals surface area (Å²) in [7, 11) is 0. The quantitative estimate of drug-likeness (QED) is 0.518. The summed E-state index contributed by atoms with van der Waals surface area (Å²) >= 11 is 0. The van der Waals surface area contributed by atoms with Gasteiger partial charge in [0.05, 0.1) is 0 Å². The first kappa shape index (κ1) is 4.76. The van der Waals surface area contributed by atoms with E-state index in [1.54, 1.807) is 0 Å². The highest BCUT2D eigenvalue weighted by Gasteiger charge is 1.93. The monoisotopic (exact) mass is 113 g/mol. The summed E-state index contributed by atoms with van der Waals surface area (Å²) in [5.74, 6) is 0.0139. The van der Waals surface area contributed by atoms with Gasteiger partial charge in [-0.1, -0.05) is 5.16 Å². The number of nitrogens with zero attached hydrogens (tertiary/aromatic N) is 2. The highest BCUT2D eigenvalue weighted by atomic mass is 16.6. The summed E-state index contributed by atoms with van der Waals surface area (Å²) in [6, 6.07) is 0. The van der Waals surface area contributed by atoms with Crippen molar-refractivity contribution in [2.45, 2.75) is 0 Å². The molecule has 1 radical (unpaired) electrons. The maximum Gasteiger partial charge on any atom is 0.424 e. The molecule has 0 spiro atoms. The Bertz CT molecular complexity index is 159. The molecule has 5 nitrogen and oxygen atoms in total. The summed E-state index contributed by atoms with van der Waals surface area (Å²) in [5.41, 5.74) is 0. The molecule has 1 aromatic heterocycles. The van der Waals surface area contributed by atoms with Crippen LogP contribution in [0.25, 0.3) is 0 Å². The van der Waals surface area contributed by atoms with E-state index in [1.807, 2.05) is 0 Å². The third-order valence-corrected chi connectivity index (χ3v) is 0.487. The Labute approximate surface area is 44.2 Å². The molecule has 0 N–H and O–H groups in total. The van der Waals surface area contributed by atoms with E-state index in [1.165, 1.54) is 0 Å². The molecule has 0 saturated carbocycles. The second-order valence-corrected chi connectivity index (χ2v) is 0.931. The zero-order chi connectivity index (χ0) is 5.82. The fourth-order valence-corrected chi connectivity index (χ4v) is 0.244. The van der Waals surface area contributed by atoms with Crippen molar-refractivity contribution in [1.29, 1.82) is 0 Å². The largest absolute Gasteiger partial charge is 0.424 e. The minimum absolute atomic E-state index is 0.0139. The van der Waals surface area contributed by atoms with Crippen LogP contribution in [0.1, 0.15) is 0 Å². The van der Waals surface area contributed by atoms with Crippen LogP contribution in [0, 0.1) is 0 Å². The maximum absolute atomic E-state index is 9.42. The number of hydrogen-bond donors (Lipinski definition) is 0. The van der Waals surface area contributed by atoms with Crippen molar-refractivity contribution >= 4 is 6.47 Å². The van der Waals surface area contributed by atoms with Crippen LogP contribution in [0.15, 0.2) is 10.8 Å². The Hall–Kier alpha value is -1.39. The Morgan fingerprint density at radius 3 is 3.25 bits per heavy atom. The lowest BCUT2D eigenvalue weighted by Crippen LogP contribution is -1.86. The topological polar surface area (TPSA) is 65.2 Å². The van der Waals surface area contributed by atoms with E-state index in [0.29, 0.717) is 0 Å². The first-order valence-corrected chi connectivity index (χ1v) is 1.75. The van der Waals surface area contributed by atoms with Gasteiger partial charge >= 0.3 is 6.47 Å². The van der Waals surface area contributed by atoms with Crippen molar-refractivity contribution in [3.63, 3.8) is 0 Å². The highest BCUT2D eigenvalue weighted by molar-refractivity contribution is 5.42. The van der Waals surface area contributed by atoms with E-state index >= 15 is 0 Å². The van der Waals surface area contributed by atoms with Crippen LogP contribution in [-0.2, 0) is 4.79 Å². The van der Waals surface area contributed by atoms with E-state index in [2.05, 4.69) is 19.7 Å². The van der Waals surface area contributed by atoms with Gasteiger partial charge in [-0.3, -0.25) is 0 Å². The van der Waals surface area contributed by atoms with Gasteiger partial charge < -0.3 is 4.74 Å². The van der Waals surface area contributed by atoms with E-state index in [-0.39, 0.29) is 5.88 Å². The molecule has 0 fully saturated rings. The van der Waals surface area contributed by atoms with E-state index in [0.717, 1.165) is 12.7 Å². The van der Waals surface area contributed by atoms with Gasteiger partial charge in [-0.25, -0.2) is 9.42 Å². The SMILES string of the molecule is O=[C]Oc1cnon1. The lowest BCUT2D eigenvalue weighted by atomic mass is 10.9. The lowest BCUT2D eigenvalue weighted by Gasteiger charge is -1.77. The Balaban J connectivity index is 2.62. The number of aromatic nitrogens is 2. The van der Waals surface area contributed by atoms with Crippen LogP contribution in [-0.4, -0.2) is 16.8 Å². The smallest absolute Gasteiger partial charge is 0.394 e. The fraction of sp³-hybridized carbons (Fsp3) is 0. The standard InChI is InChI=1S/C3HN2O3/c6-2-7-3-1-4-8-5-3/h1H. The molecular formula is C3HN2O3. The molecule has 0 unspecified atom stereocenters. The van der Waals surface area contributed by atoms with Gasteiger partial charge in [0.2, 0.25) is 0 Å². The number of ether oxygens (including phenoxy) is 1. The molecule has 8 heavy (non-hydrogen) atoms. The molecule has 0 aliphatic heterocycles. The molecule has 0 atom stereocenters. The Morgan fingerprint density at radius 1 is 1.88 bits per heavy atom. The van der Waals surface area contributed by atoms with Gasteiger partial charge in [0.1, 0.15) is 6.20 Å². The summed E-state index contributed by atoms with van der Waals surface area (Å²) in [4.78, 5) is 9.42. The summed E-state index contributed by atoms with van der Waals surface area (Å²) in [6.07, 6.45) is 1.16. The average molecular weight is 113 g/mol. The van der Waals surface area contributed by atoms with Gasteiger partial charge in [-0.15, -0.1) is 0 Å². The third kappa shape index (κ3) is 0.810. The van der Waals surface area contributed by atoms with Crippen molar-refractivity contribution < 1.29 is 14.2 Å². The first-order valence-electron chi connectivity index (χ1n) is 1.75. The predicted molar refractivity (Wildman–Crippen MR) is 20.6 cm³/mol. The maximum atomic E-state index is 9.42. The van der Waals surface area contributed by atoms with E-state index in [9.17, 15) is 4.79 Å². The Kier molecular flexibility index (Phi) is 1.23. The van der Waals surface area contributed by atoms with Crippen LogP contribution in [0.2, 0.25) is 0 Å². The van der Waals surface area contributed by atoms with Crippen LogP contribution in [0.3, 0.4) is 0 Å². The van der Waals surface area contributed by atoms with Crippen molar-refractivity contribution in [1.82, 2.24) is 10.3 Å². The Morgan fingerprint density at radius 2 is 2.75 bits per heavy atom. The van der Waals surface area contributed by atoms with Crippen LogP contribution in [0.5, 0.6) is 5.88 Å². The van der Waals surface area contributed by atoms with Gasteiger partial charge in [0.15, 0.2) is 0 Å². The van der Waals surface area contributed by atoms with Crippen molar-refractivity contribution in [3.8, 4) is 5.88 Å². The number of rotatable bonds is 2. The zero-order valence-corrected chi connectivity index (χ0v) is 3.70. The van der Waals surface area contributed by atoms with Gasteiger partial charge in [-0.2, -0.15) is 0 Å². The lowest BCUT2D eigenvalue weighted by molar-refractivity contribution is 0.292. The van der Waals surface area contributed by atoms with Crippen LogP contribution in [0.4, 0.5) is 0 Å². The second kappa shape index (κ2) is 2.06. The van der Waals surface area contributed by atoms with E-state index < -0.39 is 0 Å². The minimum atomic E-state index is 0.0139.